The van der Waals surface area contributed by atoms with E-state index in [1.807, 2.05) is 5.38 Å². The molecule has 2 unspecified atom stereocenters. The first kappa shape index (κ1) is 20.1. The number of benzene rings is 1. The van der Waals surface area contributed by atoms with Gasteiger partial charge in [-0.1, -0.05) is 22.0 Å². The smallest absolute Gasteiger partial charge is 0.163 e. The number of morpholine rings is 1. The monoisotopic (exact) mass is 480 g/mol. The Morgan fingerprint density at radius 1 is 1.48 bits per heavy atom. The van der Waals surface area contributed by atoms with Crippen molar-refractivity contribution in [2.45, 2.75) is 18.6 Å². The second kappa shape index (κ2) is 8.70. The molecule has 1 fully saturated rings. The van der Waals surface area contributed by atoms with Gasteiger partial charge in [-0.15, -0.1) is 11.3 Å². The zero-order valence-corrected chi connectivity index (χ0v) is 17.6. The zero-order chi connectivity index (χ0) is 20.4. The zero-order valence-electron chi connectivity index (χ0n) is 15.2. The number of halogens is 2. The van der Waals surface area contributed by atoms with Gasteiger partial charge in [-0.05, 0) is 17.7 Å². The first-order valence-corrected chi connectivity index (χ1v) is 10.8. The maximum Gasteiger partial charge on any atom is 0.163 e. The number of aliphatic imine (C=N–C) groups is 1. The highest BCUT2D eigenvalue weighted by Crippen LogP contribution is 2.36. The number of hydrogen-bond donors (Lipinski definition) is 2. The van der Waals surface area contributed by atoms with Gasteiger partial charge in [-0.2, -0.15) is 0 Å². The fourth-order valence-corrected chi connectivity index (χ4v) is 4.61. The number of carboxylic acid groups (broad SMARTS) is 1. The molecule has 10 heteroatoms. The predicted molar refractivity (Wildman–Crippen MR) is 107 cm³/mol. The molecule has 2 aliphatic heterocycles. The molecule has 1 aromatic carbocycles. The molecule has 3 heterocycles. The minimum Gasteiger partial charge on any atom is -0.545 e. The summed E-state index contributed by atoms with van der Waals surface area (Å²) in [5.74, 6) is -1.28. The number of nitrogens with two attached hydrogens (primary N) is 1. The first-order chi connectivity index (χ1) is 14.0. The third-order valence-corrected chi connectivity index (χ3v) is 6.24. The van der Waals surface area contributed by atoms with E-state index in [0.717, 1.165) is 13.1 Å². The quantitative estimate of drug-likeness (QED) is 0.648. The van der Waals surface area contributed by atoms with Crippen molar-refractivity contribution in [3.8, 4) is 0 Å². The van der Waals surface area contributed by atoms with E-state index >= 15 is 0 Å². The summed E-state index contributed by atoms with van der Waals surface area (Å²) in [5.41, 5.74) is 1.04. The Bertz CT molecular complexity index is 974. The molecule has 152 valence electrons. The Morgan fingerprint density at radius 2 is 2.34 bits per heavy atom. The number of thiazole rings is 1. The topological polar surface area (TPSA) is 103 Å². The van der Waals surface area contributed by atoms with Crippen LogP contribution in [0.1, 0.15) is 23.0 Å². The fourth-order valence-electron chi connectivity index (χ4n) is 3.45. The summed E-state index contributed by atoms with van der Waals surface area (Å²) < 4.78 is 19.8. The van der Waals surface area contributed by atoms with E-state index in [4.69, 9.17) is 4.74 Å². The van der Waals surface area contributed by atoms with Crippen molar-refractivity contribution in [1.29, 1.82) is 0 Å². The van der Waals surface area contributed by atoms with Gasteiger partial charge in [-0.3, -0.25) is 4.99 Å². The molecular formula is C19H18BrFN4O3S. The van der Waals surface area contributed by atoms with Gasteiger partial charge < -0.3 is 25.3 Å². The predicted octanol–water partition coefficient (Wildman–Crippen LogP) is 0.492. The molecule has 1 saturated heterocycles. The van der Waals surface area contributed by atoms with Crippen LogP contribution in [0.5, 0.6) is 0 Å². The number of aliphatic carboxylic acids is 1. The first-order valence-electron chi connectivity index (χ1n) is 9.10. The van der Waals surface area contributed by atoms with E-state index in [-0.39, 0.29) is 11.7 Å². The molecule has 0 spiro atoms. The molecule has 2 aromatic rings. The number of nitrogens with one attached hydrogen (secondary N) is 1. The van der Waals surface area contributed by atoms with Crippen molar-refractivity contribution in [2.75, 3.05) is 19.7 Å². The highest BCUT2D eigenvalue weighted by molar-refractivity contribution is 9.10. The Hall–Kier alpha value is -2.14. The third-order valence-electron chi connectivity index (χ3n) is 4.77. The summed E-state index contributed by atoms with van der Waals surface area (Å²) in [4.78, 5) is 21.0. The molecule has 0 radical (unpaired) electrons. The number of nitrogens with zero attached hydrogens (tertiary/aromatic N) is 2. The average Bonchev–Trinajstić information content (AvgIpc) is 3.23. The van der Waals surface area contributed by atoms with Crippen LogP contribution >= 0.6 is 27.3 Å². The van der Waals surface area contributed by atoms with Crippen molar-refractivity contribution < 1.29 is 24.3 Å². The Morgan fingerprint density at radius 3 is 3.00 bits per heavy atom. The number of carbonyl (C=O) groups is 1. The molecule has 7 nitrogen and oxygen atoms in total. The SMILES string of the molecule is O=C([O-])C1=C(CC2C[NH2+]CCO2)NC(c2nccs2)=NC1c1ccc(F)cc1Br. The van der Waals surface area contributed by atoms with Crippen LogP contribution in [0.25, 0.3) is 0 Å². The van der Waals surface area contributed by atoms with Gasteiger partial charge in [0.1, 0.15) is 24.5 Å². The van der Waals surface area contributed by atoms with Crippen LogP contribution in [0.4, 0.5) is 4.39 Å². The van der Waals surface area contributed by atoms with Crippen molar-refractivity contribution in [2.24, 2.45) is 4.99 Å². The second-order valence-corrected chi connectivity index (χ2v) is 8.45. The van der Waals surface area contributed by atoms with E-state index in [9.17, 15) is 14.3 Å². The van der Waals surface area contributed by atoms with Crippen LogP contribution in [-0.2, 0) is 9.53 Å². The van der Waals surface area contributed by atoms with Gasteiger partial charge in [-0.25, -0.2) is 9.37 Å². The molecule has 2 aliphatic rings. The van der Waals surface area contributed by atoms with Crippen LogP contribution in [0.15, 0.2) is 50.5 Å². The number of carboxylic acids is 1. The van der Waals surface area contributed by atoms with E-state index in [1.165, 1.54) is 29.5 Å². The molecule has 0 amide bonds. The summed E-state index contributed by atoms with van der Waals surface area (Å²) in [6.45, 7) is 2.23. The lowest BCUT2D eigenvalue weighted by molar-refractivity contribution is -0.677. The van der Waals surface area contributed by atoms with Gasteiger partial charge >= 0.3 is 0 Å². The Labute approximate surface area is 178 Å². The summed E-state index contributed by atoms with van der Waals surface area (Å²) in [6, 6.07) is 3.25. The molecule has 3 N–H and O–H groups in total. The molecule has 2 atom stereocenters. The van der Waals surface area contributed by atoms with E-state index in [2.05, 4.69) is 36.5 Å². The lowest BCUT2D eigenvalue weighted by atomic mass is 9.93. The normalized spacial score (nSPS) is 22.2. The molecule has 0 bridgehead atoms. The highest BCUT2D eigenvalue weighted by atomic mass is 79.9. The summed E-state index contributed by atoms with van der Waals surface area (Å²) in [7, 11) is 0. The molecular weight excluding hydrogens is 463 g/mol. The molecule has 0 aliphatic carbocycles. The molecule has 4 rings (SSSR count). The van der Waals surface area contributed by atoms with Crippen LogP contribution in [0, 0.1) is 5.82 Å². The van der Waals surface area contributed by atoms with Crippen LogP contribution < -0.4 is 15.7 Å². The number of amidine groups is 1. The van der Waals surface area contributed by atoms with E-state index < -0.39 is 17.8 Å². The molecule has 0 saturated carbocycles. The van der Waals surface area contributed by atoms with E-state index in [0.29, 0.717) is 39.6 Å². The third kappa shape index (κ3) is 4.40. The lowest BCUT2D eigenvalue weighted by Crippen LogP contribution is -2.89. The number of hydrogen-bond acceptors (Lipinski definition) is 7. The lowest BCUT2D eigenvalue weighted by Gasteiger charge is -2.31. The minimum atomic E-state index is -1.32. The highest BCUT2D eigenvalue weighted by Gasteiger charge is 2.31. The fraction of sp³-hybridized carbons (Fsp3) is 0.316. The maximum absolute atomic E-state index is 13.6. The summed E-state index contributed by atoms with van der Waals surface area (Å²) in [5, 5.41) is 19.9. The van der Waals surface area contributed by atoms with Gasteiger partial charge in [0.05, 0.1) is 19.1 Å². The summed E-state index contributed by atoms with van der Waals surface area (Å²) >= 11 is 4.73. The Kier molecular flexibility index (Phi) is 6.04. The van der Waals surface area contributed by atoms with Gasteiger partial charge in [0.25, 0.3) is 0 Å². The van der Waals surface area contributed by atoms with Crippen molar-refractivity contribution in [3.63, 3.8) is 0 Å². The number of aromatic nitrogens is 1. The molecule has 1 aromatic heterocycles. The average molecular weight is 481 g/mol. The van der Waals surface area contributed by atoms with Crippen molar-refractivity contribution >= 4 is 39.1 Å². The van der Waals surface area contributed by atoms with Gasteiger partial charge in [0.15, 0.2) is 10.8 Å². The standard InChI is InChI=1S/C19H18BrFN4O3S/c20-13-7-10(21)1-2-12(13)16-15(19(26)27)14(8-11-9-22-3-5-28-11)24-17(25-16)18-23-4-6-29-18/h1-2,4,6-7,11,16,22H,3,5,8-9H2,(H,24,25)(H,26,27). The van der Waals surface area contributed by atoms with Gasteiger partial charge in [0, 0.05) is 33.7 Å². The largest absolute Gasteiger partial charge is 0.545 e. The Balaban J connectivity index is 1.79. The molecule has 29 heavy (non-hydrogen) atoms. The maximum atomic E-state index is 13.6. The van der Waals surface area contributed by atoms with Crippen LogP contribution in [0.3, 0.4) is 0 Å². The van der Waals surface area contributed by atoms with E-state index in [1.54, 1.807) is 6.20 Å². The minimum absolute atomic E-state index is 0.0202. The van der Waals surface area contributed by atoms with Crippen LogP contribution in [0.2, 0.25) is 0 Å². The van der Waals surface area contributed by atoms with Gasteiger partial charge in [0.2, 0.25) is 0 Å². The number of quaternary nitrogens is 1. The number of ether oxygens (including phenoxy) is 1. The number of carbonyl (C=O) groups excluding carboxylic acids is 1. The van der Waals surface area contributed by atoms with Crippen molar-refractivity contribution in [3.05, 3.63) is 61.9 Å². The van der Waals surface area contributed by atoms with Crippen molar-refractivity contribution in [1.82, 2.24) is 10.3 Å². The number of rotatable bonds is 5. The van der Waals surface area contributed by atoms with Crippen LogP contribution in [-0.4, -0.2) is 42.6 Å². The summed E-state index contributed by atoms with van der Waals surface area (Å²) in [6.07, 6.45) is 1.90. The second-order valence-electron chi connectivity index (χ2n) is 6.70.